The average molecular weight is 473 g/mol. The van der Waals surface area contributed by atoms with Gasteiger partial charge >= 0.3 is 0 Å². The van der Waals surface area contributed by atoms with E-state index in [1.165, 1.54) is 0 Å². The molecule has 0 aliphatic carbocycles. The van der Waals surface area contributed by atoms with Gasteiger partial charge in [-0.25, -0.2) is 8.42 Å². The Kier molecular flexibility index (Phi) is 8.00. The summed E-state index contributed by atoms with van der Waals surface area (Å²) in [5, 5.41) is 29.6. The number of allylic oxidation sites excluding steroid dienone is 1. The molecule has 6 nitrogen and oxygen atoms in total. The third kappa shape index (κ3) is 6.05. The van der Waals surface area contributed by atoms with E-state index in [1.54, 1.807) is 12.1 Å². The Balaban J connectivity index is 1.75. The molecule has 0 saturated heterocycles. The maximum Gasteiger partial charge on any atom is 0.163 e. The summed E-state index contributed by atoms with van der Waals surface area (Å²) >= 11 is 0. The topological polar surface area (TPSA) is 104 Å². The number of para-hydroxylation sites is 1. The van der Waals surface area contributed by atoms with E-state index in [0.717, 1.165) is 22.3 Å². The highest BCUT2D eigenvalue weighted by atomic mass is 32.2. The minimum absolute atomic E-state index is 0.0486. The summed E-state index contributed by atoms with van der Waals surface area (Å²) in [6, 6.07) is 12.9. The average Bonchev–Trinajstić information content (AvgIpc) is 3.04. The summed E-state index contributed by atoms with van der Waals surface area (Å²) in [4.78, 5) is 0. The van der Waals surface area contributed by atoms with Gasteiger partial charge in [0, 0.05) is 0 Å². The first-order chi connectivity index (χ1) is 15.6. The second kappa shape index (κ2) is 10.5. The van der Waals surface area contributed by atoms with Crippen LogP contribution in [0.4, 0.5) is 0 Å². The first-order valence-corrected chi connectivity index (χ1v) is 12.7. The van der Waals surface area contributed by atoms with Crippen LogP contribution in [0, 0.1) is 13.8 Å². The van der Waals surface area contributed by atoms with Crippen molar-refractivity contribution >= 4 is 15.9 Å². The van der Waals surface area contributed by atoms with Crippen LogP contribution >= 0.6 is 0 Å². The van der Waals surface area contributed by atoms with Crippen LogP contribution in [-0.2, 0) is 9.84 Å². The van der Waals surface area contributed by atoms with Gasteiger partial charge in [0.15, 0.2) is 9.84 Å². The van der Waals surface area contributed by atoms with Crippen molar-refractivity contribution in [2.24, 2.45) is 0 Å². The van der Waals surface area contributed by atoms with Crippen molar-refractivity contribution in [3.05, 3.63) is 75.9 Å². The number of aliphatic hydroxyl groups excluding tert-OH is 2. The lowest BCUT2D eigenvalue weighted by Crippen LogP contribution is -2.29. The third-order valence-electron chi connectivity index (χ3n) is 5.98. The number of phenolic OH excluding ortho intramolecular Hbond substituents is 1. The minimum Gasteiger partial charge on any atom is -0.507 e. The Hall–Kier alpha value is -2.61. The first kappa shape index (κ1) is 25.0. The molecular formula is C26H32O6S. The predicted octanol–water partition coefficient (Wildman–Crippen LogP) is 3.72. The molecule has 1 aliphatic rings. The van der Waals surface area contributed by atoms with E-state index in [1.807, 2.05) is 57.2 Å². The molecule has 0 spiro atoms. The lowest BCUT2D eigenvalue weighted by Gasteiger charge is -2.19. The molecule has 178 valence electrons. The number of ether oxygens (including phenoxy) is 1. The molecule has 2 aromatic rings. The van der Waals surface area contributed by atoms with Gasteiger partial charge in [-0.3, -0.25) is 0 Å². The summed E-state index contributed by atoms with van der Waals surface area (Å²) in [6.45, 7) is 5.13. The smallest absolute Gasteiger partial charge is 0.163 e. The van der Waals surface area contributed by atoms with Crippen molar-refractivity contribution in [3.63, 3.8) is 0 Å². The fourth-order valence-electron chi connectivity index (χ4n) is 4.27. The van der Waals surface area contributed by atoms with Crippen molar-refractivity contribution in [1.29, 1.82) is 0 Å². The molecular weight excluding hydrogens is 440 g/mol. The number of aromatic hydroxyl groups is 1. The van der Waals surface area contributed by atoms with E-state index in [2.05, 4.69) is 0 Å². The Bertz CT molecular complexity index is 1130. The predicted molar refractivity (Wildman–Crippen MR) is 130 cm³/mol. The molecule has 3 rings (SSSR count). The Labute approximate surface area is 195 Å². The maximum absolute atomic E-state index is 12.6. The van der Waals surface area contributed by atoms with Gasteiger partial charge < -0.3 is 20.1 Å². The zero-order chi connectivity index (χ0) is 24.2. The van der Waals surface area contributed by atoms with E-state index in [9.17, 15) is 23.7 Å². The highest BCUT2D eigenvalue weighted by molar-refractivity contribution is 7.92. The molecule has 1 aliphatic heterocycles. The highest BCUT2D eigenvalue weighted by Gasteiger charge is 2.41. The molecule has 0 fully saturated rings. The lowest BCUT2D eigenvalue weighted by molar-refractivity contribution is 0.187. The van der Waals surface area contributed by atoms with Crippen molar-refractivity contribution in [1.82, 2.24) is 0 Å². The van der Waals surface area contributed by atoms with E-state index >= 15 is 0 Å². The van der Waals surface area contributed by atoms with Crippen LogP contribution in [0.1, 0.15) is 36.5 Å². The van der Waals surface area contributed by atoms with Crippen LogP contribution in [0.2, 0.25) is 0 Å². The van der Waals surface area contributed by atoms with Crippen molar-refractivity contribution < 1.29 is 28.5 Å². The fraction of sp³-hybridized carbons (Fsp3) is 0.385. The molecule has 7 heteroatoms. The SMILES string of the molecule is C/C(=C\c1cc(C)c(O)c(C)c1)CC[C@@H](O)C1=C(COc2ccccc2)CS(=O)(=O)[C@H]1CO. The van der Waals surface area contributed by atoms with Crippen LogP contribution in [0.25, 0.3) is 6.08 Å². The number of aryl methyl sites for hydroxylation is 2. The monoisotopic (exact) mass is 472 g/mol. The first-order valence-electron chi connectivity index (χ1n) is 11.0. The van der Waals surface area contributed by atoms with Crippen LogP contribution in [0.15, 0.2) is 59.2 Å². The van der Waals surface area contributed by atoms with Gasteiger partial charge in [-0.15, -0.1) is 0 Å². The standard InChI is InChI=1S/C26H32O6S/c1-17(11-20-12-18(2)26(29)19(3)13-20)9-10-23(28)25-21(16-33(30,31)24(25)14-27)15-32-22-7-5-4-6-8-22/h4-8,11-13,23-24,27-29H,9-10,14-16H2,1-3H3/b17-11+/t23-,24+/m1/s1. The van der Waals surface area contributed by atoms with Gasteiger partial charge in [0.2, 0.25) is 0 Å². The Morgan fingerprint density at radius 3 is 2.42 bits per heavy atom. The van der Waals surface area contributed by atoms with Gasteiger partial charge in [-0.05, 0) is 85.7 Å². The zero-order valence-corrected chi connectivity index (χ0v) is 20.1. The van der Waals surface area contributed by atoms with Crippen LogP contribution in [-0.4, -0.2) is 54.1 Å². The number of sulfone groups is 1. The normalized spacial score (nSPS) is 19.1. The van der Waals surface area contributed by atoms with Crippen LogP contribution < -0.4 is 4.74 Å². The van der Waals surface area contributed by atoms with Crippen molar-refractivity contribution in [2.75, 3.05) is 19.0 Å². The summed E-state index contributed by atoms with van der Waals surface area (Å²) in [5.74, 6) is 0.676. The minimum atomic E-state index is -3.59. The summed E-state index contributed by atoms with van der Waals surface area (Å²) in [6.07, 6.45) is 1.87. The summed E-state index contributed by atoms with van der Waals surface area (Å²) < 4.78 is 30.9. The number of benzene rings is 2. The maximum atomic E-state index is 12.6. The largest absolute Gasteiger partial charge is 0.507 e. The van der Waals surface area contributed by atoms with Gasteiger partial charge in [-0.2, -0.15) is 0 Å². The molecule has 0 amide bonds. The summed E-state index contributed by atoms with van der Waals surface area (Å²) in [7, 11) is -3.59. The Morgan fingerprint density at radius 1 is 1.18 bits per heavy atom. The van der Waals surface area contributed by atoms with Gasteiger partial charge in [0.25, 0.3) is 0 Å². The van der Waals surface area contributed by atoms with Gasteiger partial charge in [0.1, 0.15) is 23.4 Å². The Morgan fingerprint density at radius 2 is 1.82 bits per heavy atom. The second-order valence-electron chi connectivity index (χ2n) is 8.69. The number of hydrogen-bond acceptors (Lipinski definition) is 6. The van der Waals surface area contributed by atoms with Gasteiger partial charge in [0.05, 0.1) is 18.5 Å². The second-order valence-corrected chi connectivity index (χ2v) is 10.9. The fourth-order valence-corrected chi connectivity index (χ4v) is 6.15. The molecule has 0 bridgehead atoms. The third-order valence-corrected chi connectivity index (χ3v) is 8.00. The van der Waals surface area contributed by atoms with E-state index < -0.39 is 27.8 Å². The number of hydrogen-bond donors (Lipinski definition) is 3. The molecule has 1 heterocycles. The molecule has 3 N–H and O–H groups in total. The number of phenols is 1. The molecule has 0 saturated carbocycles. The summed E-state index contributed by atoms with van der Waals surface area (Å²) in [5.41, 5.74) is 4.44. The molecule has 2 atom stereocenters. The number of aliphatic hydroxyl groups is 2. The van der Waals surface area contributed by atoms with Crippen molar-refractivity contribution in [2.45, 2.75) is 45.0 Å². The molecule has 2 aromatic carbocycles. The quantitative estimate of drug-likeness (QED) is 0.481. The van der Waals surface area contributed by atoms with Crippen LogP contribution in [0.3, 0.4) is 0 Å². The molecule has 0 radical (unpaired) electrons. The molecule has 33 heavy (non-hydrogen) atoms. The van der Waals surface area contributed by atoms with E-state index in [4.69, 9.17) is 4.74 Å². The van der Waals surface area contributed by atoms with Crippen molar-refractivity contribution in [3.8, 4) is 11.5 Å². The van der Waals surface area contributed by atoms with E-state index in [-0.39, 0.29) is 18.1 Å². The van der Waals surface area contributed by atoms with E-state index in [0.29, 0.717) is 29.7 Å². The highest BCUT2D eigenvalue weighted by Crippen LogP contribution is 2.32. The number of rotatable bonds is 9. The van der Waals surface area contributed by atoms with Gasteiger partial charge in [-0.1, -0.05) is 29.8 Å². The zero-order valence-electron chi connectivity index (χ0n) is 19.3. The van der Waals surface area contributed by atoms with Crippen LogP contribution in [0.5, 0.6) is 11.5 Å². The molecule has 0 unspecified atom stereocenters. The molecule has 0 aromatic heterocycles. The lowest BCUT2D eigenvalue weighted by atomic mass is 9.95.